The Balaban J connectivity index is 2.58. The van der Waals surface area contributed by atoms with Crippen molar-refractivity contribution in [1.82, 2.24) is 0 Å². The fraction of sp³-hybridized carbons (Fsp3) is 0.889. The van der Waals surface area contributed by atoms with E-state index in [0.717, 1.165) is 12.3 Å². The maximum Gasteiger partial charge on any atom is 0.106 e. The number of nitrogens with zero attached hydrogens (tertiary/aromatic N) is 1. The van der Waals surface area contributed by atoms with Crippen molar-refractivity contribution in [3.8, 4) is 0 Å². The molecule has 1 saturated carbocycles. The topological polar surface area (TPSA) is 21.6 Å². The molecule has 2 nitrogen and oxygen atoms in total. The minimum absolute atomic E-state index is 0.615. The molecule has 2 unspecified atom stereocenters. The van der Waals surface area contributed by atoms with Crippen LogP contribution in [-0.4, -0.2) is 12.8 Å². The van der Waals surface area contributed by atoms with Gasteiger partial charge in [0, 0.05) is 5.92 Å². The Hall–Kier alpha value is -0.530. The molecule has 0 heterocycles. The molecule has 0 amide bonds. The first-order valence-corrected chi connectivity index (χ1v) is 4.35. The third-order valence-electron chi connectivity index (χ3n) is 2.68. The molecular formula is C9H17NO. The quantitative estimate of drug-likeness (QED) is 0.533. The molecule has 2 atom stereocenters. The number of hydrogen-bond acceptors (Lipinski definition) is 2. The van der Waals surface area contributed by atoms with Crippen LogP contribution in [0.4, 0.5) is 0 Å². The highest BCUT2D eigenvalue weighted by molar-refractivity contribution is 5.86. The van der Waals surface area contributed by atoms with Crippen molar-refractivity contribution in [2.45, 2.75) is 33.1 Å². The van der Waals surface area contributed by atoms with E-state index in [4.69, 9.17) is 4.84 Å². The first kappa shape index (κ1) is 8.57. The largest absolute Gasteiger partial charge is 0.399 e. The molecule has 1 fully saturated rings. The summed E-state index contributed by atoms with van der Waals surface area (Å²) >= 11 is 0. The van der Waals surface area contributed by atoms with Crippen LogP contribution in [0.2, 0.25) is 0 Å². The smallest absolute Gasteiger partial charge is 0.106 e. The van der Waals surface area contributed by atoms with E-state index in [0.29, 0.717) is 5.92 Å². The summed E-state index contributed by atoms with van der Waals surface area (Å²) in [5, 5.41) is 4.03. The summed E-state index contributed by atoms with van der Waals surface area (Å²) in [5.41, 5.74) is 1.24. The summed E-state index contributed by atoms with van der Waals surface area (Å²) in [4.78, 5) is 4.79. The second-order valence-electron chi connectivity index (χ2n) is 3.42. The Bertz CT molecular complexity index is 154. The lowest BCUT2D eigenvalue weighted by atomic mass is 9.80. The SMILES string of the molecule is CO/N=C1\CCCC(C)C1C. The van der Waals surface area contributed by atoms with Gasteiger partial charge >= 0.3 is 0 Å². The van der Waals surface area contributed by atoms with Gasteiger partial charge in [-0.05, 0) is 25.2 Å². The molecule has 1 aliphatic carbocycles. The monoisotopic (exact) mass is 155 g/mol. The molecule has 11 heavy (non-hydrogen) atoms. The van der Waals surface area contributed by atoms with Crippen LogP contribution in [0, 0.1) is 11.8 Å². The molecule has 0 N–H and O–H groups in total. The predicted octanol–water partition coefficient (Wildman–Crippen LogP) is 2.44. The normalized spacial score (nSPS) is 35.7. The molecule has 0 aromatic carbocycles. The van der Waals surface area contributed by atoms with Gasteiger partial charge in [-0.2, -0.15) is 0 Å². The van der Waals surface area contributed by atoms with Crippen LogP contribution in [0.3, 0.4) is 0 Å². The van der Waals surface area contributed by atoms with Gasteiger partial charge in [0.2, 0.25) is 0 Å². The lowest BCUT2D eigenvalue weighted by Gasteiger charge is -2.26. The number of hydrogen-bond donors (Lipinski definition) is 0. The van der Waals surface area contributed by atoms with Crippen molar-refractivity contribution in [2.75, 3.05) is 7.11 Å². The summed E-state index contributed by atoms with van der Waals surface area (Å²) in [6, 6.07) is 0. The highest BCUT2D eigenvalue weighted by Crippen LogP contribution is 2.27. The van der Waals surface area contributed by atoms with Crippen molar-refractivity contribution in [3.63, 3.8) is 0 Å². The van der Waals surface area contributed by atoms with Gasteiger partial charge in [0.25, 0.3) is 0 Å². The van der Waals surface area contributed by atoms with Crippen LogP contribution < -0.4 is 0 Å². The second kappa shape index (κ2) is 3.74. The highest BCUT2D eigenvalue weighted by Gasteiger charge is 2.23. The Kier molecular flexibility index (Phi) is 2.92. The van der Waals surface area contributed by atoms with Crippen molar-refractivity contribution < 1.29 is 4.84 Å². The molecule has 64 valence electrons. The summed E-state index contributed by atoms with van der Waals surface area (Å²) in [7, 11) is 1.62. The summed E-state index contributed by atoms with van der Waals surface area (Å²) in [5.74, 6) is 1.39. The van der Waals surface area contributed by atoms with Gasteiger partial charge in [0.1, 0.15) is 7.11 Å². The fourth-order valence-corrected chi connectivity index (χ4v) is 1.66. The lowest BCUT2D eigenvalue weighted by Crippen LogP contribution is -2.24. The lowest BCUT2D eigenvalue weighted by molar-refractivity contribution is 0.206. The average Bonchev–Trinajstić information content (AvgIpc) is 1.99. The van der Waals surface area contributed by atoms with E-state index < -0.39 is 0 Å². The standard InChI is InChI=1S/C9H17NO/c1-7-5-4-6-9(8(7)2)10-11-3/h7-8H,4-6H2,1-3H3/b10-9+. The molecule has 1 aliphatic rings. The van der Waals surface area contributed by atoms with Crippen LogP contribution in [0.1, 0.15) is 33.1 Å². The Morgan fingerprint density at radius 3 is 2.82 bits per heavy atom. The first-order chi connectivity index (χ1) is 5.25. The third kappa shape index (κ3) is 1.95. The minimum Gasteiger partial charge on any atom is -0.399 e. The molecule has 1 rings (SSSR count). The van der Waals surface area contributed by atoms with Gasteiger partial charge in [-0.3, -0.25) is 0 Å². The van der Waals surface area contributed by atoms with Gasteiger partial charge in [-0.25, -0.2) is 0 Å². The zero-order valence-corrected chi connectivity index (χ0v) is 7.63. The fourth-order valence-electron chi connectivity index (χ4n) is 1.66. The van der Waals surface area contributed by atoms with Crippen molar-refractivity contribution in [1.29, 1.82) is 0 Å². The summed E-state index contributed by atoms with van der Waals surface area (Å²) < 4.78 is 0. The molecule has 0 aromatic rings. The van der Waals surface area contributed by atoms with Gasteiger partial charge in [0.05, 0.1) is 5.71 Å². The number of oxime groups is 1. The van der Waals surface area contributed by atoms with Crippen LogP contribution >= 0.6 is 0 Å². The van der Waals surface area contributed by atoms with E-state index in [1.165, 1.54) is 18.6 Å². The van der Waals surface area contributed by atoms with Crippen LogP contribution in [0.5, 0.6) is 0 Å². The molecule has 0 aliphatic heterocycles. The molecule has 0 aromatic heterocycles. The predicted molar refractivity (Wildman–Crippen MR) is 46.6 cm³/mol. The first-order valence-electron chi connectivity index (χ1n) is 4.35. The molecule has 0 spiro atoms. The van der Waals surface area contributed by atoms with Crippen molar-refractivity contribution in [3.05, 3.63) is 0 Å². The summed E-state index contributed by atoms with van der Waals surface area (Å²) in [6.45, 7) is 4.52. The maximum absolute atomic E-state index is 4.79. The van der Waals surface area contributed by atoms with Crippen molar-refractivity contribution >= 4 is 5.71 Å². The van der Waals surface area contributed by atoms with Gasteiger partial charge in [-0.1, -0.05) is 19.0 Å². The summed E-state index contributed by atoms with van der Waals surface area (Å²) in [6.07, 6.45) is 3.73. The minimum atomic E-state index is 0.615. The molecule has 2 heteroatoms. The van der Waals surface area contributed by atoms with Crippen LogP contribution in [0.15, 0.2) is 5.16 Å². The molecular weight excluding hydrogens is 138 g/mol. The molecule has 0 bridgehead atoms. The average molecular weight is 155 g/mol. The third-order valence-corrected chi connectivity index (χ3v) is 2.68. The van der Waals surface area contributed by atoms with Gasteiger partial charge < -0.3 is 4.84 Å². The van der Waals surface area contributed by atoms with Crippen LogP contribution in [-0.2, 0) is 4.84 Å². The Morgan fingerprint density at radius 1 is 1.45 bits per heavy atom. The Morgan fingerprint density at radius 2 is 2.18 bits per heavy atom. The second-order valence-corrected chi connectivity index (χ2v) is 3.42. The Labute approximate surface area is 68.6 Å². The van der Waals surface area contributed by atoms with E-state index in [1.54, 1.807) is 7.11 Å². The van der Waals surface area contributed by atoms with Crippen LogP contribution in [0.25, 0.3) is 0 Å². The van der Waals surface area contributed by atoms with E-state index in [9.17, 15) is 0 Å². The highest BCUT2D eigenvalue weighted by atomic mass is 16.6. The molecule has 0 saturated heterocycles. The van der Waals surface area contributed by atoms with Gasteiger partial charge in [-0.15, -0.1) is 0 Å². The van der Waals surface area contributed by atoms with E-state index in [2.05, 4.69) is 19.0 Å². The zero-order valence-electron chi connectivity index (χ0n) is 7.63. The van der Waals surface area contributed by atoms with E-state index in [-0.39, 0.29) is 0 Å². The number of rotatable bonds is 1. The maximum atomic E-state index is 4.79. The zero-order chi connectivity index (χ0) is 8.27. The van der Waals surface area contributed by atoms with Gasteiger partial charge in [0.15, 0.2) is 0 Å². The molecule has 0 radical (unpaired) electrons. The van der Waals surface area contributed by atoms with Crippen molar-refractivity contribution in [2.24, 2.45) is 17.0 Å². The van der Waals surface area contributed by atoms with E-state index in [1.807, 2.05) is 0 Å². The van der Waals surface area contributed by atoms with E-state index >= 15 is 0 Å².